The third-order valence-corrected chi connectivity index (χ3v) is 3.13. The Hall–Kier alpha value is -2.15. The number of nitrogens with one attached hydrogen (secondary N) is 1. The van der Waals surface area contributed by atoms with Gasteiger partial charge < -0.3 is 14.7 Å². The van der Waals surface area contributed by atoms with E-state index in [0.717, 1.165) is 0 Å². The van der Waals surface area contributed by atoms with Crippen LogP contribution < -0.4 is 16.1 Å². The topological polar surface area (TPSA) is 80.2 Å². The number of pyridine rings is 1. The van der Waals surface area contributed by atoms with Crippen molar-refractivity contribution in [3.05, 3.63) is 38.8 Å². The maximum Gasteiger partial charge on any atom is 0.271 e. The highest BCUT2D eigenvalue weighted by Gasteiger charge is 2.14. The van der Waals surface area contributed by atoms with Crippen molar-refractivity contribution in [3.8, 4) is 0 Å². The van der Waals surface area contributed by atoms with E-state index in [1.165, 1.54) is 10.7 Å². The van der Waals surface area contributed by atoms with Crippen LogP contribution >= 0.6 is 0 Å². The zero-order chi connectivity index (χ0) is 13.4. The predicted molar refractivity (Wildman–Crippen MR) is 70.1 cm³/mol. The highest BCUT2D eigenvalue weighted by atomic mass is 16.5. The molecule has 0 bridgehead atoms. The number of ether oxygens (including phenoxy) is 1. The molecule has 7 nitrogen and oxygen atoms in total. The molecule has 1 fully saturated rings. The van der Waals surface area contributed by atoms with Gasteiger partial charge in [0.05, 0.1) is 37.2 Å². The molecule has 0 saturated carbocycles. The third kappa shape index (κ3) is 2.12. The van der Waals surface area contributed by atoms with Crippen LogP contribution in [0, 0.1) is 6.92 Å². The molecular weight excluding hydrogens is 248 g/mol. The Kier molecular flexibility index (Phi) is 2.83. The van der Waals surface area contributed by atoms with Crippen molar-refractivity contribution in [2.45, 2.75) is 6.92 Å². The number of H-pyrrole nitrogens is 1. The van der Waals surface area contributed by atoms with Crippen molar-refractivity contribution in [1.82, 2.24) is 14.6 Å². The van der Waals surface area contributed by atoms with Crippen molar-refractivity contribution in [3.63, 3.8) is 0 Å². The van der Waals surface area contributed by atoms with Crippen LogP contribution in [0.15, 0.2) is 21.9 Å². The van der Waals surface area contributed by atoms with Gasteiger partial charge in [-0.1, -0.05) is 0 Å². The molecule has 1 aliphatic rings. The van der Waals surface area contributed by atoms with Gasteiger partial charge >= 0.3 is 0 Å². The van der Waals surface area contributed by atoms with E-state index in [4.69, 9.17) is 4.74 Å². The van der Waals surface area contributed by atoms with E-state index in [9.17, 15) is 9.59 Å². The number of rotatable bonds is 1. The fourth-order valence-electron chi connectivity index (χ4n) is 2.21. The summed E-state index contributed by atoms with van der Waals surface area (Å²) in [5.74, 6) is 0.501. The number of aromatic amines is 1. The smallest absolute Gasteiger partial charge is 0.271 e. The summed E-state index contributed by atoms with van der Waals surface area (Å²) >= 11 is 0. The SMILES string of the molecule is Cc1nc2cc(=O)n(N3CCOCC3)cc2c(=O)[nH]1. The third-order valence-electron chi connectivity index (χ3n) is 3.13. The first-order valence-corrected chi connectivity index (χ1v) is 6.11. The number of fused-ring (bicyclic) bond motifs is 1. The number of aryl methyl sites for hydroxylation is 1. The van der Waals surface area contributed by atoms with E-state index in [2.05, 4.69) is 9.97 Å². The summed E-state index contributed by atoms with van der Waals surface area (Å²) in [7, 11) is 0. The minimum Gasteiger partial charge on any atom is -0.378 e. The van der Waals surface area contributed by atoms with Gasteiger partial charge in [-0.15, -0.1) is 0 Å². The minimum absolute atomic E-state index is 0.188. The van der Waals surface area contributed by atoms with E-state index < -0.39 is 0 Å². The van der Waals surface area contributed by atoms with Crippen molar-refractivity contribution < 1.29 is 4.74 Å². The number of aromatic nitrogens is 3. The number of morpholine rings is 1. The Morgan fingerprint density at radius 3 is 2.79 bits per heavy atom. The molecule has 2 aromatic heterocycles. The van der Waals surface area contributed by atoms with Crippen molar-refractivity contribution in [2.75, 3.05) is 31.3 Å². The molecule has 3 heterocycles. The molecule has 100 valence electrons. The Morgan fingerprint density at radius 1 is 1.32 bits per heavy atom. The van der Waals surface area contributed by atoms with E-state index >= 15 is 0 Å². The Morgan fingerprint density at radius 2 is 2.05 bits per heavy atom. The highest BCUT2D eigenvalue weighted by Crippen LogP contribution is 2.04. The monoisotopic (exact) mass is 262 g/mol. The first-order chi connectivity index (χ1) is 9.15. The maximum atomic E-state index is 12.1. The molecule has 19 heavy (non-hydrogen) atoms. The van der Waals surface area contributed by atoms with E-state index in [1.54, 1.807) is 13.1 Å². The molecule has 1 saturated heterocycles. The summed E-state index contributed by atoms with van der Waals surface area (Å²) in [6.07, 6.45) is 1.55. The molecule has 0 atom stereocenters. The minimum atomic E-state index is -0.232. The van der Waals surface area contributed by atoms with Gasteiger partial charge in [0.25, 0.3) is 11.1 Å². The molecule has 7 heteroatoms. The van der Waals surface area contributed by atoms with Gasteiger partial charge in [0.1, 0.15) is 5.82 Å². The number of hydrogen-bond acceptors (Lipinski definition) is 5. The van der Waals surface area contributed by atoms with Gasteiger partial charge in [0.15, 0.2) is 0 Å². The van der Waals surface area contributed by atoms with Crippen LogP contribution in [0.5, 0.6) is 0 Å². The summed E-state index contributed by atoms with van der Waals surface area (Å²) in [6, 6.07) is 1.40. The lowest BCUT2D eigenvalue weighted by molar-refractivity contribution is 0.111. The molecule has 0 aromatic carbocycles. The first-order valence-electron chi connectivity index (χ1n) is 6.11. The fourth-order valence-corrected chi connectivity index (χ4v) is 2.21. The van der Waals surface area contributed by atoms with Crippen LogP contribution in [0.25, 0.3) is 10.9 Å². The van der Waals surface area contributed by atoms with Crippen molar-refractivity contribution >= 4 is 10.9 Å². The summed E-state index contributed by atoms with van der Waals surface area (Å²) in [4.78, 5) is 30.8. The first kappa shape index (κ1) is 11.9. The number of nitrogens with zero attached hydrogens (tertiary/aromatic N) is 3. The van der Waals surface area contributed by atoms with E-state index in [-0.39, 0.29) is 11.1 Å². The zero-order valence-electron chi connectivity index (χ0n) is 10.5. The van der Waals surface area contributed by atoms with Crippen LogP contribution in [0.1, 0.15) is 5.82 Å². The van der Waals surface area contributed by atoms with Crippen LogP contribution in [0.2, 0.25) is 0 Å². The fraction of sp³-hybridized carbons (Fsp3) is 0.417. The second kappa shape index (κ2) is 4.51. The molecular formula is C12H14N4O3. The second-order valence-electron chi connectivity index (χ2n) is 4.47. The van der Waals surface area contributed by atoms with Gasteiger partial charge in [-0.25, -0.2) is 9.66 Å². The maximum absolute atomic E-state index is 12.1. The van der Waals surface area contributed by atoms with Gasteiger partial charge in [0, 0.05) is 12.3 Å². The Bertz CT molecular complexity index is 728. The quantitative estimate of drug-likeness (QED) is 0.739. The van der Waals surface area contributed by atoms with Crippen LogP contribution in [0.4, 0.5) is 0 Å². The Labute approximate surface area is 108 Å². The molecule has 0 spiro atoms. The average molecular weight is 262 g/mol. The average Bonchev–Trinajstić information content (AvgIpc) is 2.38. The van der Waals surface area contributed by atoms with Crippen molar-refractivity contribution in [1.29, 1.82) is 0 Å². The van der Waals surface area contributed by atoms with Gasteiger partial charge in [-0.2, -0.15) is 0 Å². The van der Waals surface area contributed by atoms with E-state index in [1.807, 2.05) is 5.01 Å². The Balaban J connectivity index is 2.18. The summed E-state index contributed by atoms with van der Waals surface area (Å²) in [5.41, 5.74) is 0.00664. The lowest BCUT2D eigenvalue weighted by Crippen LogP contribution is -2.48. The van der Waals surface area contributed by atoms with E-state index in [0.29, 0.717) is 43.0 Å². The lowest BCUT2D eigenvalue weighted by atomic mass is 10.3. The molecule has 2 aromatic rings. The highest BCUT2D eigenvalue weighted by molar-refractivity contribution is 5.76. The van der Waals surface area contributed by atoms with Gasteiger partial charge in [0.2, 0.25) is 0 Å². The summed E-state index contributed by atoms with van der Waals surface area (Å²) < 4.78 is 6.72. The molecule has 0 amide bonds. The summed E-state index contributed by atoms with van der Waals surface area (Å²) in [5, 5.41) is 2.28. The standard InChI is InChI=1S/C12H14N4O3/c1-8-13-10-6-11(17)16(7-9(10)12(18)14-8)15-2-4-19-5-3-15/h6-7H,2-5H2,1H3,(H,13,14,18). The molecule has 0 radical (unpaired) electrons. The number of hydrogen-bond donors (Lipinski definition) is 1. The normalized spacial score (nSPS) is 15.9. The molecule has 0 aliphatic carbocycles. The molecule has 1 aliphatic heterocycles. The summed E-state index contributed by atoms with van der Waals surface area (Å²) in [6.45, 7) is 4.10. The zero-order valence-corrected chi connectivity index (χ0v) is 10.5. The van der Waals surface area contributed by atoms with Crippen LogP contribution in [-0.2, 0) is 4.74 Å². The van der Waals surface area contributed by atoms with Crippen molar-refractivity contribution in [2.24, 2.45) is 0 Å². The molecule has 0 unspecified atom stereocenters. The van der Waals surface area contributed by atoms with Crippen LogP contribution in [0.3, 0.4) is 0 Å². The molecule has 3 rings (SSSR count). The van der Waals surface area contributed by atoms with Gasteiger partial charge in [-0.3, -0.25) is 9.59 Å². The van der Waals surface area contributed by atoms with Crippen LogP contribution in [-0.4, -0.2) is 40.9 Å². The predicted octanol–water partition coefficient (Wildman–Crippen LogP) is -0.639. The van der Waals surface area contributed by atoms with Gasteiger partial charge in [-0.05, 0) is 6.92 Å². The lowest BCUT2D eigenvalue weighted by Gasteiger charge is -2.29. The largest absolute Gasteiger partial charge is 0.378 e. The molecule has 1 N–H and O–H groups in total. The second-order valence-corrected chi connectivity index (χ2v) is 4.47.